The van der Waals surface area contributed by atoms with Gasteiger partial charge in [-0.25, -0.2) is 0 Å². The van der Waals surface area contributed by atoms with E-state index in [0.717, 1.165) is 11.3 Å². The van der Waals surface area contributed by atoms with E-state index in [0.29, 0.717) is 18.8 Å². The largest absolute Gasteiger partial charge is 0.494 e. The number of ether oxygens (including phenoxy) is 2. The van der Waals surface area contributed by atoms with Gasteiger partial charge >= 0.3 is 5.97 Å². The average Bonchev–Trinajstić information content (AvgIpc) is 2.63. The van der Waals surface area contributed by atoms with Gasteiger partial charge in [0.25, 0.3) is 5.91 Å². The Morgan fingerprint density at radius 2 is 1.64 bits per heavy atom. The molecule has 0 aliphatic carbocycles. The van der Waals surface area contributed by atoms with Gasteiger partial charge in [0.05, 0.1) is 25.7 Å². The van der Waals surface area contributed by atoms with Gasteiger partial charge in [-0.1, -0.05) is 30.3 Å². The van der Waals surface area contributed by atoms with Gasteiger partial charge in [0, 0.05) is 5.56 Å². The minimum Gasteiger partial charge on any atom is -0.494 e. The number of carbonyl (C=O) groups is 2. The molecule has 2 rings (SSSR count). The minimum absolute atomic E-state index is 0.0698. The first-order valence-electron chi connectivity index (χ1n) is 8.38. The first kappa shape index (κ1) is 18.5. The van der Waals surface area contributed by atoms with E-state index in [4.69, 9.17) is 9.47 Å². The highest BCUT2D eigenvalue weighted by atomic mass is 16.5. The summed E-state index contributed by atoms with van der Waals surface area (Å²) in [4.78, 5) is 24.4. The number of esters is 1. The van der Waals surface area contributed by atoms with Crippen LogP contribution in [-0.2, 0) is 9.53 Å². The first-order chi connectivity index (χ1) is 12.1. The first-order valence-corrected chi connectivity index (χ1v) is 8.38. The second kappa shape index (κ2) is 9.47. The predicted molar refractivity (Wildman–Crippen MR) is 95.5 cm³/mol. The van der Waals surface area contributed by atoms with Crippen molar-refractivity contribution in [1.29, 1.82) is 0 Å². The van der Waals surface area contributed by atoms with Crippen molar-refractivity contribution in [3.05, 3.63) is 65.7 Å². The molecule has 25 heavy (non-hydrogen) atoms. The molecule has 0 saturated heterocycles. The van der Waals surface area contributed by atoms with E-state index in [1.807, 2.05) is 37.3 Å². The van der Waals surface area contributed by atoms with Crippen molar-refractivity contribution in [2.75, 3.05) is 13.2 Å². The summed E-state index contributed by atoms with van der Waals surface area (Å²) in [6.45, 7) is 4.56. The van der Waals surface area contributed by atoms with Crippen molar-refractivity contribution < 1.29 is 19.1 Å². The third-order valence-corrected chi connectivity index (χ3v) is 3.61. The summed E-state index contributed by atoms with van der Waals surface area (Å²) in [5, 5.41) is 2.91. The average molecular weight is 341 g/mol. The number of amides is 1. The molecule has 1 amide bonds. The van der Waals surface area contributed by atoms with Crippen LogP contribution in [0, 0.1) is 0 Å². The zero-order chi connectivity index (χ0) is 18.1. The molecule has 5 nitrogen and oxygen atoms in total. The molecule has 1 N–H and O–H groups in total. The molecule has 0 heterocycles. The fourth-order valence-electron chi connectivity index (χ4n) is 2.43. The molecule has 0 saturated carbocycles. The fourth-order valence-corrected chi connectivity index (χ4v) is 2.43. The van der Waals surface area contributed by atoms with E-state index < -0.39 is 6.04 Å². The number of benzene rings is 2. The zero-order valence-corrected chi connectivity index (χ0v) is 14.5. The van der Waals surface area contributed by atoms with Crippen LogP contribution in [0.15, 0.2) is 54.6 Å². The van der Waals surface area contributed by atoms with Crippen molar-refractivity contribution in [3.8, 4) is 5.75 Å². The van der Waals surface area contributed by atoms with Crippen LogP contribution in [0.4, 0.5) is 0 Å². The molecule has 0 aliphatic heterocycles. The van der Waals surface area contributed by atoms with E-state index in [1.54, 1.807) is 31.2 Å². The summed E-state index contributed by atoms with van der Waals surface area (Å²) in [6, 6.07) is 15.8. The van der Waals surface area contributed by atoms with Gasteiger partial charge in [0.15, 0.2) is 0 Å². The summed E-state index contributed by atoms with van der Waals surface area (Å²) < 4.78 is 10.5. The van der Waals surface area contributed by atoms with Gasteiger partial charge in [0.2, 0.25) is 0 Å². The summed E-state index contributed by atoms with van der Waals surface area (Å²) in [5.74, 6) is 0.161. The van der Waals surface area contributed by atoms with Crippen molar-refractivity contribution in [2.45, 2.75) is 26.3 Å². The van der Waals surface area contributed by atoms with Crippen LogP contribution < -0.4 is 10.1 Å². The third-order valence-electron chi connectivity index (χ3n) is 3.61. The Bertz CT molecular complexity index is 683. The SMILES string of the molecule is CCOC(=O)C[C@H](NC(=O)c1ccccc1)c1ccc(OCC)cc1. The predicted octanol–water partition coefficient (Wildman–Crippen LogP) is 3.51. The summed E-state index contributed by atoms with van der Waals surface area (Å²) in [7, 11) is 0. The summed E-state index contributed by atoms with van der Waals surface area (Å²) in [5.41, 5.74) is 1.36. The number of hydrogen-bond acceptors (Lipinski definition) is 4. The van der Waals surface area contributed by atoms with Crippen LogP contribution in [0.25, 0.3) is 0 Å². The number of carbonyl (C=O) groups excluding carboxylic acids is 2. The van der Waals surface area contributed by atoms with E-state index in [1.165, 1.54) is 0 Å². The molecule has 0 aliphatic rings. The van der Waals surface area contributed by atoms with Crippen LogP contribution in [0.2, 0.25) is 0 Å². The molecule has 0 radical (unpaired) electrons. The molecule has 0 bridgehead atoms. The minimum atomic E-state index is -0.470. The van der Waals surface area contributed by atoms with E-state index >= 15 is 0 Å². The van der Waals surface area contributed by atoms with Crippen LogP contribution in [0.1, 0.15) is 42.2 Å². The van der Waals surface area contributed by atoms with Gasteiger partial charge in [-0.15, -0.1) is 0 Å². The zero-order valence-electron chi connectivity index (χ0n) is 14.5. The lowest BCUT2D eigenvalue weighted by molar-refractivity contribution is -0.143. The molecule has 132 valence electrons. The quantitative estimate of drug-likeness (QED) is 0.746. The summed E-state index contributed by atoms with van der Waals surface area (Å²) in [6.07, 6.45) is 0.0698. The Hall–Kier alpha value is -2.82. The van der Waals surface area contributed by atoms with Crippen molar-refractivity contribution in [1.82, 2.24) is 5.32 Å². The molecule has 0 spiro atoms. The van der Waals surface area contributed by atoms with Gasteiger partial charge < -0.3 is 14.8 Å². The molecule has 0 aromatic heterocycles. The maximum atomic E-state index is 12.4. The topological polar surface area (TPSA) is 64.6 Å². The molecular weight excluding hydrogens is 318 g/mol. The lowest BCUT2D eigenvalue weighted by Gasteiger charge is -2.19. The Morgan fingerprint density at radius 3 is 2.24 bits per heavy atom. The lowest BCUT2D eigenvalue weighted by Crippen LogP contribution is -2.30. The monoisotopic (exact) mass is 341 g/mol. The number of rotatable bonds is 8. The third kappa shape index (κ3) is 5.64. The normalized spacial score (nSPS) is 11.4. The molecule has 1 atom stereocenters. The Kier molecular flexibility index (Phi) is 7.01. The van der Waals surface area contributed by atoms with Crippen LogP contribution >= 0.6 is 0 Å². The molecular formula is C20H23NO4. The highest BCUT2D eigenvalue weighted by Crippen LogP contribution is 2.21. The van der Waals surface area contributed by atoms with E-state index in [9.17, 15) is 9.59 Å². The molecule has 2 aromatic carbocycles. The number of hydrogen-bond donors (Lipinski definition) is 1. The Morgan fingerprint density at radius 1 is 0.960 bits per heavy atom. The standard InChI is InChI=1S/C20H23NO4/c1-3-24-17-12-10-15(11-13-17)18(14-19(22)25-4-2)21-20(23)16-8-6-5-7-9-16/h5-13,18H,3-4,14H2,1-2H3,(H,21,23)/t18-/m0/s1. The van der Waals surface area contributed by atoms with Gasteiger partial charge in [-0.2, -0.15) is 0 Å². The van der Waals surface area contributed by atoms with Crippen molar-refractivity contribution >= 4 is 11.9 Å². The molecule has 0 fully saturated rings. The highest BCUT2D eigenvalue weighted by molar-refractivity contribution is 5.94. The molecule has 0 unspecified atom stereocenters. The van der Waals surface area contributed by atoms with E-state index in [-0.39, 0.29) is 18.3 Å². The Balaban J connectivity index is 2.17. The lowest BCUT2D eigenvalue weighted by atomic mass is 10.0. The smallest absolute Gasteiger partial charge is 0.308 e. The Labute approximate surface area is 148 Å². The van der Waals surface area contributed by atoms with Crippen molar-refractivity contribution in [2.24, 2.45) is 0 Å². The number of nitrogens with one attached hydrogen (secondary N) is 1. The van der Waals surface area contributed by atoms with Crippen LogP contribution in [0.5, 0.6) is 5.75 Å². The second-order valence-electron chi connectivity index (χ2n) is 5.40. The van der Waals surface area contributed by atoms with Gasteiger partial charge in [0.1, 0.15) is 5.75 Å². The molecule has 2 aromatic rings. The second-order valence-corrected chi connectivity index (χ2v) is 5.40. The highest BCUT2D eigenvalue weighted by Gasteiger charge is 2.20. The van der Waals surface area contributed by atoms with Gasteiger partial charge in [-0.05, 0) is 43.7 Å². The van der Waals surface area contributed by atoms with Crippen molar-refractivity contribution in [3.63, 3.8) is 0 Å². The fraction of sp³-hybridized carbons (Fsp3) is 0.300. The van der Waals surface area contributed by atoms with E-state index in [2.05, 4.69) is 5.32 Å². The van der Waals surface area contributed by atoms with Crippen LogP contribution in [0.3, 0.4) is 0 Å². The molecule has 5 heteroatoms. The van der Waals surface area contributed by atoms with Gasteiger partial charge in [-0.3, -0.25) is 9.59 Å². The maximum Gasteiger partial charge on any atom is 0.308 e. The summed E-state index contributed by atoms with van der Waals surface area (Å²) >= 11 is 0. The maximum absolute atomic E-state index is 12.4. The van der Waals surface area contributed by atoms with Crippen LogP contribution in [-0.4, -0.2) is 25.1 Å².